The Morgan fingerprint density at radius 1 is 1.23 bits per heavy atom. The predicted molar refractivity (Wildman–Crippen MR) is 131 cm³/mol. The average molecular weight is 546 g/mol. The van der Waals surface area contributed by atoms with Crippen LogP contribution in [0.3, 0.4) is 0 Å². The fourth-order valence-electron chi connectivity index (χ4n) is 2.57. The van der Waals surface area contributed by atoms with Crippen LogP contribution in [0.4, 0.5) is 9.18 Å². The molecular weight excluding hydrogens is 514 g/mol. The highest BCUT2D eigenvalue weighted by Gasteiger charge is 2.15. The number of carbonyl (C=O) groups is 1. The van der Waals surface area contributed by atoms with Gasteiger partial charge >= 0.3 is 6.09 Å². The van der Waals surface area contributed by atoms with E-state index in [4.69, 9.17) is 4.74 Å². The highest BCUT2D eigenvalue weighted by molar-refractivity contribution is 14.0. The Hall–Kier alpha value is -2.37. The Kier molecular flexibility index (Phi) is 11.3. The maximum Gasteiger partial charge on any atom is 0.407 e. The number of guanidine groups is 1. The quantitative estimate of drug-likeness (QED) is 0.204. The van der Waals surface area contributed by atoms with Gasteiger partial charge in [0, 0.05) is 32.0 Å². The first kappa shape index (κ1) is 26.7. The summed E-state index contributed by atoms with van der Waals surface area (Å²) in [7, 11) is 0. The molecule has 0 saturated heterocycles. The van der Waals surface area contributed by atoms with E-state index in [0.29, 0.717) is 44.2 Å². The van der Waals surface area contributed by atoms with Gasteiger partial charge in [-0.3, -0.25) is 0 Å². The Balaban J connectivity index is 0.00000480. The Morgan fingerprint density at radius 2 is 1.97 bits per heavy atom. The van der Waals surface area contributed by atoms with Gasteiger partial charge in [-0.15, -0.1) is 24.0 Å². The smallest absolute Gasteiger partial charge is 0.407 e. The van der Waals surface area contributed by atoms with Crippen molar-refractivity contribution in [3.8, 4) is 5.69 Å². The number of nitrogens with one attached hydrogen (secondary N) is 3. The van der Waals surface area contributed by atoms with Crippen molar-refractivity contribution < 1.29 is 13.9 Å². The molecule has 0 unspecified atom stereocenters. The van der Waals surface area contributed by atoms with Crippen LogP contribution in [0.2, 0.25) is 0 Å². The van der Waals surface area contributed by atoms with E-state index < -0.39 is 11.7 Å². The van der Waals surface area contributed by atoms with Crippen molar-refractivity contribution in [2.75, 3.05) is 19.6 Å². The third kappa shape index (κ3) is 9.99. The number of aromatic nitrogens is 2. The van der Waals surface area contributed by atoms with Gasteiger partial charge in [0.05, 0.1) is 18.6 Å². The highest BCUT2D eigenvalue weighted by atomic mass is 127. The van der Waals surface area contributed by atoms with E-state index in [-0.39, 0.29) is 29.8 Å². The standard InChI is InChI=1S/C21H31FN6O2.HI/c1-5-24-19(25-9-6-10-26-20(29)30-21(2,3)4)27-14-16-7-8-18(17(22)13-16)28-12-11-23-15-28;/h7-8,11-13,15H,5-6,9-10,14H2,1-4H3,(H,26,29)(H2,24,25,27);1H. The Bertz CT molecular complexity index is 837. The first-order valence-electron chi connectivity index (χ1n) is 10.0. The third-order valence-corrected chi connectivity index (χ3v) is 3.87. The van der Waals surface area contributed by atoms with Crippen molar-refractivity contribution in [2.24, 2.45) is 4.99 Å². The molecule has 0 bridgehead atoms. The van der Waals surface area contributed by atoms with Crippen LogP contribution in [0, 0.1) is 5.82 Å². The summed E-state index contributed by atoms with van der Waals surface area (Å²) in [5.41, 5.74) is 0.701. The molecule has 0 spiro atoms. The molecule has 0 aliphatic carbocycles. The average Bonchev–Trinajstić information content (AvgIpc) is 3.18. The van der Waals surface area contributed by atoms with Gasteiger partial charge in [0.2, 0.25) is 0 Å². The molecular formula is C21H32FIN6O2. The maximum atomic E-state index is 14.4. The van der Waals surface area contributed by atoms with Crippen LogP contribution in [0.25, 0.3) is 5.69 Å². The van der Waals surface area contributed by atoms with Gasteiger partial charge in [0.15, 0.2) is 5.96 Å². The van der Waals surface area contributed by atoms with Crippen LogP contribution in [-0.4, -0.2) is 46.8 Å². The van der Waals surface area contributed by atoms with Crippen molar-refractivity contribution in [1.29, 1.82) is 0 Å². The first-order valence-corrected chi connectivity index (χ1v) is 10.0. The van der Waals surface area contributed by atoms with E-state index in [0.717, 1.165) is 5.56 Å². The summed E-state index contributed by atoms with van der Waals surface area (Å²) in [6.45, 7) is 9.60. The van der Waals surface area contributed by atoms with E-state index in [2.05, 4.69) is 25.9 Å². The molecule has 10 heteroatoms. The van der Waals surface area contributed by atoms with Gasteiger partial charge in [-0.1, -0.05) is 6.07 Å². The van der Waals surface area contributed by atoms with Gasteiger partial charge in [0.1, 0.15) is 11.4 Å². The number of benzene rings is 1. The topological polar surface area (TPSA) is 92.6 Å². The molecule has 2 aromatic rings. The number of amides is 1. The van der Waals surface area contributed by atoms with Crippen LogP contribution in [0.15, 0.2) is 41.9 Å². The molecule has 0 atom stereocenters. The van der Waals surface area contributed by atoms with Gasteiger partial charge < -0.3 is 25.3 Å². The first-order chi connectivity index (χ1) is 14.3. The fraction of sp³-hybridized carbons (Fsp3) is 0.476. The second-order valence-corrected chi connectivity index (χ2v) is 7.66. The summed E-state index contributed by atoms with van der Waals surface area (Å²) in [4.78, 5) is 20.1. The number of imidazole rings is 1. The monoisotopic (exact) mass is 546 g/mol. The van der Waals surface area contributed by atoms with Crippen molar-refractivity contribution in [3.05, 3.63) is 48.3 Å². The minimum atomic E-state index is -0.510. The lowest BCUT2D eigenvalue weighted by molar-refractivity contribution is 0.0527. The predicted octanol–water partition coefficient (Wildman–Crippen LogP) is 3.60. The number of hydrogen-bond donors (Lipinski definition) is 3. The zero-order valence-electron chi connectivity index (χ0n) is 18.4. The SMILES string of the molecule is CCNC(=NCc1ccc(-n2ccnc2)c(F)c1)NCCCNC(=O)OC(C)(C)C.I. The highest BCUT2D eigenvalue weighted by Crippen LogP contribution is 2.15. The van der Waals surface area contributed by atoms with E-state index in [1.165, 1.54) is 6.07 Å². The zero-order chi connectivity index (χ0) is 22.0. The van der Waals surface area contributed by atoms with E-state index in [1.54, 1.807) is 29.4 Å². The number of rotatable bonds is 8. The number of hydrogen-bond acceptors (Lipinski definition) is 4. The van der Waals surface area contributed by atoms with E-state index in [1.807, 2.05) is 33.8 Å². The molecule has 172 valence electrons. The number of halogens is 2. The second-order valence-electron chi connectivity index (χ2n) is 7.66. The molecule has 0 aliphatic rings. The molecule has 1 aromatic heterocycles. The molecule has 0 radical (unpaired) electrons. The molecule has 2 rings (SSSR count). The molecule has 3 N–H and O–H groups in total. The number of aliphatic imine (C=N–C) groups is 1. The number of carbonyl (C=O) groups excluding carboxylic acids is 1. The van der Waals surface area contributed by atoms with E-state index in [9.17, 15) is 9.18 Å². The van der Waals surface area contributed by atoms with Crippen LogP contribution >= 0.6 is 24.0 Å². The Labute approximate surface area is 200 Å². The number of nitrogens with zero attached hydrogens (tertiary/aromatic N) is 3. The van der Waals surface area contributed by atoms with Crippen molar-refractivity contribution in [2.45, 2.75) is 46.3 Å². The summed E-state index contributed by atoms with van der Waals surface area (Å²) >= 11 is 0. The van der Waals surface area contributed by atoms with E-state index >= 15 is 0 Å². The van der Waals surface area contributed by atoms with Crippen LogP contribution < -0.4 is 16.0 Å². The minimum Gasteiger partial charge on any atom is -0.444 e. The summed E-state index contributed by atoms with van der Waals surface area (Å²) in [5, 5.41) is 9.07. The normalized spacial score (nSPS) is 11.5. The number of alkyl carbamates (subject to hydrolysis) is 1. The van der Waals surface area contributed by atoms with Gasteiger partial charge in [-0.25, -0.2) is 19.2 Å². The molecule has 31 heavy (non-hydrogen) atoms. The van der Waals surface area contributed by atoms with Gasteiger partial charge in [-0.05, 0) is 51.8 Å². The molecule has 0 aliphatic heterocycles. The third-order valence-electron chi connectivity index (χ3n) is 3.87. The fourth-order valence-corrected chi connectivity index (χ4v) is 2.57. The second kappa shape index (κ2) is 13.1. The van der Waals surface area contributed by atoms with Crippen LogP contribution in [0.1, 0.15) is 39.7 Å². The lowest BCUT2D eigenvalue weighted by Crippen LogP contribution is -2.39. The maximum absolute atomic E-state index is 14.4. The summed E-state index contributed by atoms with van der Waals surface area (Å²) in [6.07, 6.45) is 5.14. The molecule has 1 aromatic carbocycles. The summed E-state index contributed by atoms with van der Waals surface area (Å²) < 4.78 is 21.2. The summed E-state index contributed by atoms with van der Waals surface area (Å²) in [5.74, 6) is 0.306. The Morgan fingerprint density at radius 3 is 2.58 bits per heavy atom. The van der Waals surface area contributed by atoms with Crippen molar-refractivity contribution >= 4 is 36.0 Å². The van der Waals surface area contributed by atoms with Crippen LogP contribution in [-0.2, 0) is 11.3 Å². The largest absolute Gasteiger partial charge is 0.444 e. The van der Waals surface area contributed by atoms with Gasteiger partial charge in [0.25, 0.3) is 0 Å². The molecule has 8 nitrogen and oxygen atoms in total. The van der Waals surface area contributed by atoms with Gasteiger partial charge in [-0.2, -0.15) is 0 Å². The molecule has 1 amide bonds. The molecule has 0 fully saturated rings. The van der Waals surface area contributed by atoms with Crippen LogP contribution in [0.5, 0.6) is 0 Å². The molecule has 1 heterocycles. The lowest BCUT2D eigenvalue weighted by atomic mass is 10.2. The summed E-state index contributed by atoms with van der Waals surface area (Å²) in [6, 6.07) is 5.04. The van der Waals surface area contributed by atoms with Crippen molar-refractivity contribution in [1.82, 2.24) is 25.5 Å². The molecule has 0 saturated carbocycles. The van der Waals surface area contributed by atoms with Crippen molar-refractivity contribution in [3.63, 3.8) is 0 Å². The number of ether oxygens (including phenoxy) is 1. The lowest BCUT2D eigenvalue weighted by Gasteiger charge is -2.19. The zero-order valence-corrected chi connectivity index (χ0v) is 20.8. The minimum absolute atomic E-state index is 0.